The summed E-state index contributed by atoms with van der Waals surface area (Å²) in [6, 6.07) is 12.0. The molecule has 21 heavy (non-hydrogen) atoms. The Morgan fingerprint density at radius 1 is 1.19 bits per heavy atom. The molecule has 1 N–H and O–H groups in total. The van der Waals surface area contributed by atoms with Crippen LogP contribution in [0, 0.1) is 5.92 Å². The van der Waals surface area contributed by atoms with Gasteiger partial charge in [0.1, 0.15) is 0 Å². The molecule has 1 fully saturated rings. The van der Waals surface area contributed by atoms with Gasteiger partial charge >= 0.3 is 0 Å². The summed E-state index contributed by atoms with van der Waals surface area (Å²) in [4.78, 5) is 5.01. The zero-order valence-electron chi connectivity index (χ0n) is 14.0. The van der Waals surface area contributed by atoms with E-state index in [0.29, 0.717) is 12.0 Å². The van der Waals surface area contributed by atoms with Gasteiger partial charge in [0.2, 0.25) is 0 Å². The lowest BCUT2D eigenvalue weighted by Crippen LogP contribution is -2.44. The highest BCUT2D eigenvalue weighted by Crippen LogP contribution is 2.24. The fourth-order valence-electron chi connectivity index (χ4n) is 3.57. The van der Waals surface area contributed by atoms with E-state index in [0.717, 1.165) is 6.04 Å². The molecule has 3 nitrogen and oxygen atoms in total. The molecule has 0 bridgehead atoms. The van der Waals surface area contributed by atoms with Crippen LogP contribution in [0.25, 0.3) is 0 Å². The molecule has 0 spiro atoms. The number of hydrogen-bond donors (Lipinski definition) is 1. The van der Waals surface area contributed by atoms with E-state index in [4.69, 9.17) is 0 Å². The minimum atomic E-state index is 0.442. The van der Waals surface area contributed by atoms with Crippen molar-refractivity contribution in [2.24, 2.45) is 5.92 Å². The number of rotatable bonds is 6. The molecule has 1 aromatic carbocycles. The second kappa shape index (κ2) is 7.92. The van der Waals surface area contributed by atoms with E-state index in [9.17, 15) is 0 Å². The molecule has 0 saturated carbocycles. The topological polar surface area (TPSA) is 18.5 Å². The third kappa shape index (κ3) is 4.53. The van der Waals surface area contributed by atoms with Crippen LogP contribution in [0.2, 0.25) is 0 Å². The Bertz CT molecular complexity index is 396. The maximum atomic E-state index is 3.50. The van der Waals surface area contributed by atoms with Crippen LogP contribution in [-0.2, 0) is 0 Å². The number of nitrogens with one attached hydrogen (secondary N) is 1. The standard InChI is InChI=1S/C18H31N3/c1-15(18(19-2)16-8-6-5-7-9-16)14-21-12-10-17(11-13-21)20(3)4/h5-9,15,17-19H,10-14H2,1-4H3/t15-,18?/m0/s1. The third-order valence-corrected chi connectivity index (χ3v) is 4.87. The van der Waals surface area contributed by atoms with Crippen molar-refractivity contribution in [2.75, 3.05) is 40.8 Å². The molecule has 1 aliphatic rings. The molecule has 1 unspecified atom stereocenters. The number of likely N-dealkylation sites (tertiary alicyclic amines) is 1. The molecule has 1 aliphatic heterocycles. The van der Waals surface area contributed by atoms with Gasteiger partial charge in [-0.15, -0.1) is 0 Å². The van der Waals surface area contributed by atoms with Crippen LogP contribution in [0.1, 0.15) is 31.4 Å². The van der Waals surface area contributed by atoms with Gasteiger partial charge in [0.15, 0.2) is 0 Å². The molecule has 0 aromatic heterocycles. The second-order valence-corrected chi connectivity index (χ2v) is 6.65. The summed E-state index contributed by atoms with van der Waals surface area (Å²) in [6.07, 6.45) is 2.60. The normalized spacial score (nSPS) is 20.6. The van der Waals surface area contributed by atoms with Crippen molar-refractivity contribution in [3.8, 4) is 0 Å². The highest BCUT2D eigenvalue weighted by Gasteiger charge is 2.24. The predicted octanol–water partition coefficient (Wildman–Crippen LogP) is 2.61. The summed E-state index contributed by atoms with van der Waals surface area (Å²) in [5, 5.41) is 3.50. The van der Waals surface area contributed by atoms with E-state index in [1.807, 2.05) is 0 Å². The second-order valence-electron chi connectivity index (χ2n) is 6.65. The lowest BCUT2D eigenvalue weighted by molar-refractivity contribution is 0.125. The first-order valence-corrected chi connectivity index (χ1v) is 8.22. The molecule has 0 radical (unpaired) electrons. The van der Waals surface area contributed by atoms with Crippen molar-refractivity contribution in [1.29, 1.82) is 0 Å². The van der Waals surface area contributed by atoms with E-state index in [1.165, 1.54) is 38.0 Å². The molecular formula is C18H31N3. The first-order valence-electron chi connectivity index (χ1n) is 8.22. The van der Waals surface area contributed by atoms with Gasteiger partial charge in [-0.1, -0.05) is 37.3 Å². The summed E-state index contributed by atoms with van der Waals surface area (Å²) in [7, 11) is 6.48. The third-order valence-electron chi connectivity index (χ3n) is 4.87. The molecule has 1 aromatic rings. The highest BCUT2D eigenvalue weighted by molar-refractivity contribution is 5.19. The fourth-order valence-corrected chi connectivity index (χ4v) is 3.57. The van der Waals surface area contributed by atoms with Gasteiger partial charge < -0.3 is 15.1 Å². The Hall–Kier alpha value is -0.900. The van der Waals surface area contributed by atoms with Crippen molar-refractivity contribution >= 4 is 0 Å². The number of piperidine rings is 1. The van der Waals surface area contributed by atoms with Gasteiger partial charge in [-0.3, -0.25) is 0 Å². The maximum Gasteiger partial charge on any atom is 0.0355 e. The minimum absolute atomic E-state index is 0.442. The minimum Gasteiger partial charge on any atom is -0.313 e. The maximum absolute atomic E-state index is 3.50. The predicted molar refractivity (Wildman–Crippen MR) is 90.6 cm³/mol. The number of nitrogens with zero attached hydrogens (tertiary/aromatic N) is 2. The Balaban J connectivity index is 1.87. The lowest BCUT2D eigenvalue weighted by atomic mass is 9.93. The Morgan fingerprint density at radius 3 is 2.33 bits per heavy atom. The van der Waals surface area contributed by atoms with Gasteiger partial charge in [0, 0.05) is 18.6 Å². The van der Waals surface area contributed by atoms with Crippen molar-refractivity contribution in [3.05, 3.63) is 35.9 Å². The van der Waals surface area contributed by atoms with Crippen molar-refractivity contribution in [1.82, 2.24) is 15.1 Å². The fraction of sp³-hybridized carbons (Fsp3) is 0.667. The zero-order valence-corrected chi connectivity index (χ0v) is 14.0. The first-order chi connectivity index (χ1) is 10.1. The molecule has 1 heterocycles. The Morgan fingerprint density at radius 2 is 1.81 bits per heavy atom. The van der Waals surface area contributed by atoms with Crippen LogP contribution < -0.4 is 5.32 Å². The van der Waals surface area contributed by atoms with E-state index < -0.39 is 0 Å². The molecule has 2 rings (SSSR count). The summed E-state index contributed by atoms with van der Waals surface area (Å²) in [5.41, 5.74) is 1.40. The Kier molecular flexibility index (Phi) is 6.22. The van der Waals surface area contributed by atoms with Crippen LogP contribution in [0.3, 0.4) is 0 Å². The molecule has 2 atom stereocenters. The monoisotopic (exact) mass is 289 g/mol. The largest absolute Gasteiger partial charge is 0.313 e. The summed E-state index contributed by atoms with van der Waals surface area (Å²) < 4.78 is 0. The summed E-state index contributed by atoms with van der Waals surface area (Å²) in [6.45, 7) is 6.02. The van der Waals surface area contributed by atoms with E-state index >= 15 is 0 Å². The number of benzene rings is 1. The van der Waals surface area contributed by atoms with Gasteiger partial charge in [0.05, 0.1) is 0 Å². The van der Waals surface area contributed by atoms with Gasteiger partial charge in [0.25, 0.3) is 0 Å². The molecule has 1 saturated heterocycles. The van der Waals surface area contributed by atoms with Crippen molar-refractivity contribution in [2.45, 2.75) is 31.8 Å². The molecule has 118 valence electrons. The molecular weight excluding hydrogens is 258 g/mol. The van der Waals surface area contributed by atoms with E-state index in [-0.39, 0.29) is 0 Å². The Labute approximate surface area is 130 Å². The van der Waals surface area contributed by atoms with E-state index in [1.54, 1.807) is 0 Å². The average molecular weight is 289 g/mol. The summed E-state index contributed by atoms with van der Waals surface area (Å²) >= 11 is 0. The lowest BCUT2D eigenvalue weighted by Gasteiger charge is -2.37. The highest BCUT2D eigenvalue weighted by atomic mass is 15.2. The molecule has 0 aliphatic carbocycles. The van der Waals surface area contributed by atoms with E-state index in [2.05, 4.69) is 73.5 Å². The van der Waals surface area contributed by atoms with Gasteiger partial charge in [-0.2, -0.15) is 0 Å². The van der Waals surface area contributed by atoms with Crippen LogP contribution in [-0.4, -0.2) is 56.6 Å². The van der Waals surface area contributed by atoms with Crippen molar-refractivity contribution in [3.63, 3.8) is 0 Å². The quantitative estimate of drug-likeness (QED) is 0.868. The van der Waals surface area contributed by atoms with Gasteiger partial charge in [-0.05, 0) is 58.6 Å². The molecule has 0 amide bonds. The van der Waals surface area contributed by atoms with Crippen LogP contribution in [0.15, 0.2) is 30.3 Å². The summed E-state index contributed by atoms with van der Waals surface area (Å²) in [5.74, 6) is 0.619. The van der Waals surface area contributed by atoms with Crippen molar-refractivity contribution < 1.29 is 0 Å². The van der Waals surface area contributed by atoms with Crippen LogP contribution in [0.4, 0.5) is 0 Å². The van der Waals surface area contributed by atoms with Gasteiger partial charge in [-0.25, -0.2) is 0 Å². The first kappa shape index (κ1) is 16.5. The van der Waals surface area contributed by atoms with Crippen LogP contribution >= 0.6 is 0 Å². The number of hydrogen-bond acceptors (Lipinski definition) is 3. The average Bonchev–Trinajstić information content (AvgIpc) is 2.49. The van der Waals surface area contributed by atoms with Crippen LogP contribution in [0.5, 0.6) is 0 Å². The SMILES string of the molecule is CNC(c1ccccc1)[C@@H](C)CN1CCC(N(C)C)CC1. The molecule has 3 heteroatoms. The smallest absolute Gasteiger partial charge is 0.0355 e. The zero-order chi connectivity index (χ0) is 15.2.